The summed E-state index contributed by atoms with van der Waals surface area (Å²) in [6, 6.07) is 5.22. The number of amides is 1. The largest absolute Gasteiger partial charge is 0.484 e. The van der Waals surface area contributed by atoms with Gasteiger partial charge in [0.1, 0.15) is 11.4 Å². The number of ketones is 1. The van der Waals surface area contributed by atoms with Gasteiger partial charge >= 0.3 is 6.09 Å². The molecule has 1 aromatic carbocycles. The first-order valence-electron chi connectivity index (χ1n) is 7.47. The zero-order valence-corrected chi connectivity index (χ0v) is 13.2. The molecule has 0 aromatic heterocycles. The molecular formula is C16H18ClNO4. The van der Waals surface area contributed by atoms with Crippen LogP contribution in [0.2, 0.25) is 5.02 Å². The van der Waals surface area contributed by atoms with Gasteiger partial charge in [0.05, 0.1) is 23.6 Å². The molecule has 2 aliphatic rings. The number of piperidine rings is 1. The summed E-state index contributed by atoms with van der Waals surface area (Å²) in [5.74, 6) is 0.526. The van der Waals surface area contributed by atoms with E-state index in [9.17, 15) is 9.59 Å². The minimum Gasteiger partial charge on any atom is -0.484 e. The van der Waals surface area contributed by atoms with Crippen LogP contribution in [-0.2, 0) is 4.74 Å². The normalized spacial score (nSPS) is 19.5. The Labute approximate surface area is 134 Å². The van der Waals surface area contributed by atoms with E-state index in [2.05, 4.69) is 0 Å². The van der Waals surface area contributed by atoms with Crippen LogP contribution in [0.4, 0.5) is 4.79 Å². The third-order valence-electron chi connectivity index (χ3n) is 4.27. The molecule has 0 atom stereocenters. The van der Waals surface area contributed by atoms with Crippen molar-refractivity contribution in [2.75, 3.05) is 19.7 Å². The number of fused-ring (bicyclic) bond motifs is 1. The summed E-state index contributed by atoms with van der Waals surface area (Å²) in [5.41, 5.74) is -0.0103. The zero-order chi connectivity index (χ0) is 15.7. The molecule has 0 bridgehead atoms. The molecule has 1 spiro atoms. The molecule has 1 aromatic rings. The molecule has 0 N–H and O–H groups in total. The van der Waals surface area contributed by atoms with Crippen LogP contribution >= 0.6 is 11.6 Å². The van der Waals surface area contributed by atoms with Crippen LogP contribution in [0.5, 0.6) is 5.75 Å². The van der Waals surface area contributed by atoms with Crippen molar-refractivity contribution in [3.8, 4) is 5.75 Å². The van der Waals surface area contributed by atoms with Crippen LogP contribution in [0.15, 0.2) is 18.2 Å². The Morgan fingerprint density at radius 1 is 1.41 bits per heavy atom. The van der Waals surface area contributed by atoms with Crippen LogP contribution in [0.25, 0.3) is 0 Å². The predicted octanol–water partition coefficient (Wildman–Crippen LogP) is 3.30. The minimum atomic E-state index is -0.557. The van der Waals surface area contributed by atoms with Crippen molar-refractivity contribution in [2.24, 2.45) is 0 Å². The van der Waals surface area contributed by atoms with E-state index in [1.807, 2.05) is 0 Å². The third kappa shape index (κ3) is 2.65. The molecule has 118 valence electrons. The van der Waals surface area contributed by atoms with Crippen LogP contribution in [0.1, 0.15) is 36.5 Å². The lowest BCUT2D eigenvalue weighted by atomic mass is 9.82. The molecule has 2 heterocycles. The molecule has 1 amide bonds. The maximum Gasteiger partial charge on any atom is 0.409 e. The maximum absolute atomic E-state index is 12.4. The summed E-state index contributed by atoms with van der Waals surface area (Å²) in [6.45, 7) is 3.18. The second kappa shape index (κ2) is 5.80. The van der Waals surface area contributed by atoms with E-state index in [1.54, 1.807) is 30.0 Å². The number of rotatable bonds is 1. The lowest BCUT2D eigenvalue weighted by Gasteiger charge is -2.43. The Morgan fingerprint density at radius 3 is 2.82 bits per heavy atom. The number of benzene rings is 1. The molecule has 6 heteroatoms. The van der Waals surface area contributed by atoms with Crippen LogP contribution in [-0.4, -0.2) is 42.1 Å². The van der Waals surface area contributed by atoms with Gasteiger partial charge in [-0.3, -0.25) is 4.79 Å². The van der Waals surface area contributed by atoms with Gasteiger partial charge in [-0.15, -0.1) is 0 Å². The van der Waals surface area contributed by atoms with E-state index < -0.39 is 5.60 Å². The maximum atomic E-state index is 12.4. The molecule has 3 rings (SSSR count). The van der Waals surface area contributed by atoms with Gasteiger partial charge in [-0.2, -0.15) is 0 Å². The first-order valence-corrected chi connectivity index (χ1v) is 7.85. The predicted molar refractivity (Wildman–Crippen MR) is 81.6 cm³/mol. The van der Waals surface area contributed by atoms with Crippen LogP contribution in [0.3, 0.4) is 0 Å². The summed E-state index contributed by atoms with van der Waals surface area (Å²) in [7, 11) is 0. The van der Waals surface area contributed by atoms with Gasteiger partial charge in [0.2, 0.25) is 0 Å². The first-order chi connectivity index (χ1) is 10.5. The molecule has 22 heavy (non-hydrogen) atoms. The van der Waals surface area contributed by atoms with Gasteiger partial charge in [-0.25, -0.2) is 4.79 Å². The first kappa shape index (κ1) is 15.2. The molecule has 1 saturated heterocycles. The Morgan fingerprint density at radius 2 is 2.14 bits per heavy atom. The summed E-state index contributed by atoms with van der Waals surface area (Å²) in [6.07, 6.45) is 1.22. The highest BCUT2D eigenvalue weighted by atomic mass is 35.5. The minimum absolute atomic E-state index is 0.0494. The number of carbonyl (C=O) groups is 2. The average molecular weight is 324 g/mol. The lowest BCUT2D eigenvalue weighted by Crippen LogP contribution is -2.52. The van der Waals surface area contributed by atoms with Crippen molar-refractivity contribution in [3.05, 3.63) is 28.8 Å². The van der Waals surface area contributed by atoms with Gasteiger partial charge in [-0.05, 0) is 19.1 Å². The van der Waals surface area contributed by atoms with Crippen molar-refractivity contribution in [3.63, 3.8) is 0 Å². The highest BCUT2D eigenvalue weighted by molar-refractivity contribution is 6.32. The van der Waals surface area contributed by atoms with E-state index in [0.29, 0.717) is 55.3 Å². The molecule has 0 aliphatic carbocycles. The third-order valence-corrected chi connectivity index (χ3v) is 4.57. The number of Topliss-reactive ketones (excluding diaryl/α,β-unsaturated/α-hetero) is 1. The molecule has 1 fully saturated rings. The number of hydrogen-bond donors (Lipinski definition) is 0. The number of hydrogen-bond acceptors (Lipinski definition) is 4. The number of halogens is 1. The Bertz CT molecular complexity index is 608. The van der Waals surface area contributed by atoms with Gasteiger partial charge in [0, 0.05) is 25.9 Å². The summed E-state index contributed by atoms with van der Waals surface area (Å²) < 4.78 is 11.1. The van der Waals surface area contributed by atoms with E-state index in [-0.39, 0.29) is 11.9 Å². The molecule has 0 saturated carbocycles. The van der Waals surface area contributed by atoms with Crippen molar-refractivity contribution in [1.29, 1.82) is 0 Å². The van der Waals surface area contributed by atoms with E-state index in [4.69, 9.17) is 21.1 Å². The van der Waals surface area contributed by atoms with Gasteiger partial charge in [0.25, 0.3) is 0 Å². The number of ether oxygens (including phenoxy) is 2. The van der Waals surface area contributed by atoms with Crippen molar-refractivity contribution >= 4 is 23.5 Å². The van der Waals surface area contributed by atoms with Crippen molar-refractivity contribution in [1.82, 2.24) is 4.90 Å². The average Bonchev–Trinajstić information content (AvgIpc) is 2.49. The smallest absolute Gasteiger partial charge is 0.409 e. The monoisotopic (exact) mass is 323 g/mol. The van der Waals surface area contributed by atoms with Gasteiger partial charge in [-0.1, -0.05) is 17.7 Å². The molecular weight excluding hydrogens is 306 g/mol. The van der Waals surface area contributed by atoms with Crippen LogP contribution in [0, 0.1) is 0 Å². The quantitative estimate of drug-likeness (QED) is 0.795. The van der Waals surface area contributed by atoms with Crippen LogP contribution < -0.4 is 4.74 Å². The lowest BCUT2D eigenvalue weighted by molar-refractivity contribution is -0.00853. The standard InChI is InChI=1S/C16H18ClNO4/c1-2-21-15(20)18-8-6-16(7-9-18)10-13(19)11-4-3-5-12(17)14(11)22-16/h3-5H,2,6-10H2,1H3. The molecule has 5 nitrogen and oxygen atoms in total. The van der Waals surface area contributed by atoms with Gasteiger partial charge in [0.15, 0.2) is 5.78 Å². The fourth-order valence-corrected chi connectivity index (χ4v) is 3.28. The second-order valence-electron chi connectivity index (χ2n) is 5.69. The van der Waals surface area contributed by atoms with Crippen molar-refractivity contribution < 1.29 is 19.1 Å². The fraction of sp³-hybridized carbons (Fsp3) is 0.500. The number of carbonyl (C=O) groups excluding carboxylic acids is 2. The number of para-hydroxylation sites is 1. The molecule has 2 aliphatic heterocycles. The highest BCUT2D eigenvalue weighted by Gasteiger charge is 2.44. The summed E-state index contributed by atoms with van der Waals surface area (Å²) in [5, 5.41) is 0.456. The SMILES string of the molecule is CCOC(=O)N1CCC2(CC1)CC(=O)c1cccc(Cl)c1O2. The summed E-state index contributed by atoms with van der Waals surface area (Å²) >= 11 is 6.17. The number of nitrogens with zero attached hydrogens (tertiary/aromatic N) is 1. The summed E-state index contributed by atoms with van der Waals surface area (Å²) in [4.78, 5) is 25.8. The Kier molecular flexibility index (Phi) is 4.00. The second-order valence-corrected chi connectivity index (χ2v) is 6.09. The Balaban J connectivity index is 1.76. The fourth-order valence-electron chi connectivity index (χ4n) is 3.06. The van der Waals surface area contributed by atoms with E-state index in [0.717, 1.165) is 0 Å². The zero-order valence-electron chi connectivity index (χ0n) is 12.4. The number of likely N-dealkylation sites (tertiary alicyclic amines) is 1. The molecule has 0 radical (unpaired) electrons. The van der Waals surface area contributed by atoms with Crippen molar-refractivity contribution in [2.45, 2.75) is 31.8 Å². The van der Waals surface area contributed by atoms with E-state index >= 15 is 0 Å². The van der Waals surface area contributed by atoms with E-state index in [1.165, 1.54) is 0 Å². The Hall–Kier alpha value is -1.75. The van der Waals surface area contributed by atoms with Gasteiger partial charge < -0.3 is 14.4 Å². The topological polar surface area (TPSA) is 55.8 Å². The molecule has 0 unspecified atom stereocenters. The highest BCUT2D eigenvalue weighted by Crippen LogP contribution is 2.42.